The topological polar surface area (TPSA) is 83.6 Å². The van der Waals surface area contributed by atoms with Gasteiger partial charge >= 0.3 is 0 Å². The first kappa shape index (κ1) is 29.3. The van der Waals surface area contributed by atoms with Crippen molar-refractivity contribution in [3.8, 4) is 0 Å². The number of ketones is 1. The number of piperidine rings is 1. The Hall–Kier alpha value is -2.71. The number of nitrogens with one attached hydrogen (secondary N) is 1. The van der Waals surface area contributed by atoms with E-state index >= 15 is 0 Å². The molecule has 1 fully saturated rings. The molecule has 6 nitrogen and oxygen atoms in total. The largest absolute Gasteiger partial charge is 0.326 e. The molecule has 0 radical (unpaired) electrons. The highest BCUT2D eigenvalue weighted by atomic mass is 35.5. The molecule has 1 saturated heterocycles. The highest BCUT2D eigenvalue weighted by molar-refractivity contribution is 7.88. The molecule has 9 heteroatoms. The Morgan fingerprint density at radius 2 is 1.59 bits per heavy atom. The number of carbonyl (C=O) groups is 2. The van der Waals surface area contributed by atoms with Gasteiger partial charge in [0.05, 0.1) is 11.7 Å². The first-order valence-corrected chi connectivity index (χ1v) is 15.2. The molecule has 1 N–H and O–H groups in total. The van der Waals surface area contributed by atoms with Crippen LogP contribution in [-0.4, -0.2) is 37.5 Å². The summed E-state index contributed by atoms with van der Waals surface area (Å²) in [6, 6.07) is 19.2. The summed E-state index contributed by atoms with van der Waals surface area (Å²) in [7, 11) is -3.74. The van der Waals surface area contributed by atoms with Crippen LogP contribution >= 0.6 is 23.2 Å². The lowest BCUT2D eigenvalue weighted by molar-refractivity contribution is -0.120. The number of nitrogens with zero attached hydrogens (tertiary/aromatic N) is 1. The highest BCUT2D eigenvalue weighted by Crippen LogP contribution is 2.29. The molecule has 1 aliphatic rings. The van der Waals surface area contributed by atoms with Crippen molar-refractivity contribution in [1.82, 2.24) is 4.31 Å². The van der Waals surface area contributed by atoms with Crippen LogP contribution < -0.4 is 5.32 Å². The van der Waals surface area contributed by atoms with Gasteiger partial charge in [-0.2, -0.15) is 0 Å². The molecule has 206 valence electrons. The Labute approximate surface area is 240 Å². The maximum atomic E-state index is 13.2. The van der Waals surface area contributed by atoms with Crippen LogP contribution in [0.3, 0.4) is 0 Å². The average molecular weight is 588 g/mol. The smallest absolute Gasteiger partial charge is 0.228 e. The van der Waals surface area contributed by atoms with Crippen LogP contribution in [-0.2, 0) is 26.0 Å². The van der Waals surface area contributed by atoms with Crippen LogP contribution in [0, 0.1) is 5.92 Å². The fourth-order valence-electron chi connectivity index (χ4n) is 4.62. The van der Waals surface area contributed by atoms with Gasteiger partial charge in [0.15, 0.2) is 5.78 Å². The lowest BCUT2D eigenvalue weighted by Crippen LogP contribution is -2.44. The molecule has 0 aromatic heterocycles. The van der Waals surface area contributed by atoms with E-state index in [1.165, 1.54) is 4.31 Å². The van der Waals surface area contributed by atoms with Crippen LogP contribution in [0.5, 0.6) is 0 Å². The number of carbonyl (C=O) groups excluding carboxylic acids is 2. The van der Waals surface area contributed by atoms with E-state index in [2.05, 4.69) is 26.1 Å². The summed E-state index contributed by atoms with van der Waals surface area (Å²) in [5.74, 6) is -1.29. The predicted octanol–water partition coefficient (Wildman–Crippen LogP) is 6.70. The first-order chi connectivity index (χ1) is 18.3. The maximum absolute atomic E-state index is 13.2. The van der Waals surface area contributed by atoms with Gasteiger partial charge in [0.25, 0.3) is 0 Å². The lowest BCUT2D eigenvalue weighted by Gasteiger charge is -2.31. The maximum Gasteiger partial charge on any atom is 0.228 e. The van der Waals surface area contributed by atoms with Crippen molar-refractivity contribution >= 4 is 50.6 Å². The van der Waals surface area contributed by atoms with Gasteiger partial charge in [0.2, 0.25) is 15.9 Å². The van der Waals surface area contributed by atoms with Crippen LogP contribution in [0.25, 0.3) is 0 Å². The van der Waals surface area contributed by atoms with Crippen molar-refractivity contribution in [2.45, 2.75) is 44.8 Å². The third-order valence-corrected chi connectivity index (χ3v) is 9.42. The van der Waals surface area contributed by atoms with Crippen LogP contribution in [0.4, 0.5) is 5.69 Å². The Kier molecular flexibility index (Phi) is 8.86. The minimum absolute atomic E-state index is 0.0125. The number of amides is 1. The summed E-state index contributed by atoms with van der Waals surface area (Å²) in [4.78, 5) is 26.2. The zero-order valence-corrected chi connectivity index (χ0v) is 24.5. The van der Waals surface area contributed by atoms with Crippen molar-refractivity contribution < 1.29 is 18.0 Å². The molecule has 3 aromatic carbocycles. The second-order valence-electron chi connectivity index (χ2n) is 10.9. The Morgan fingerprint density at radius 1 is 0.949 bits per heavy atom. The van der Waals surface area contributed by atoms with Crippen LogP contribution in [0.1, 0.15) is 60.7 Å². The summed E-state index contributed by atoms with van der Waals surface area (Å²) in [5, 5.41) is 3.45. The second-order valence-corrected chi connectivity index (χ2v) is 13.7. The van der Waals surface area contributed by atoms with Gasteiger partial charge in [-0.3, -0.25) is 9.59 Å². The number of hydrogen-bond donors (Lipinski definition) is 1. The van der Waals surface area contributed by atoms with Gasteiger partial charge in [-0.1, -0.05) is 86.4 Å². The predicted molar refractivity (Wildman–Crippen MR) is 157 cm³/mol. The third kappa shape index (κ3) is 7.09. The van der Waals surface area contributed by atoms with E-state index in [1.807, 2.05) is 24.3 Å². The molecule has 1 aliphatic heterocycles. The van der Waals surface area contributed by atoms with Gasteiger partial charge < -0.3 is 5.32 Å². The molecule has 1 unspecified atom stereocenters. The summed E-state index contributed by atoms with van der Waals surface area (Å²) in [6.45, 7) is 6.74. The molecule has 4 rings (SSSR count). The summed E-state index contributed by atoms with van der Waals surface area (Å²) in [6.07, 6.45) is 1.11. The normalized spacial score (nSPS) is 16.6. The van der Waals surface area contributed by atoms with E-state index in [4.69, 9.17) is 23.2 Å². The van der Waals surface area contributed by atoms with Crippen LogP contribution in [0.15, 0.2) is 66.7 Å². The molecule has 39 heavy (non-hydrogen) atoms. The van der Waals surface area contributed by atoms with Gasteiger partial charge in [-0.05, 0) is 48.1 Å². The van der Waals surface area contributed by atoms with E-state index in [0.29, 0.717) is 41.8 Å². The van der Waals surface area contributed by atoms with E-state index in [0.717, 1.165) is 5.56 Å². The van der Waals surface area contributed by atoms with Crippen molar-refractivity contribution in [1.29, 1.82) is 0 Å². The monoisotopic (exact) mass is 586 g/mol. The second kappa shape index (κ2) is 11.8. The molecular weight excluding hydrogens is 555 g/mol. The third-order valence-electron chi connectivity index (χ3n) is 6.94. The SMILES string of the molecule is CC(C)(C)c1ccc(C(=O)c2cccc(NC(=O)C3CCCN(S(=O)(=O)Cc4c(Cl)cccc4Cl)C3)c2)cc1. The zero-order valence-electron chi connectivity index (χ0n) is 22.2. The van der Waals surface area contributed by atoms with E-state index in [9.17, 15) is 18.0 Å². The Bertz CT molecular complexity index is 1460. The molecule has 0 bridgehead atoms. The first-order valence-electron chi connectivity index (χ1n) is 12.8. The van der Waals surface area contributed by atoms with Gasteiger partial charge in [0, 0.05) is 45.5 Å². The minimum Gasteiger partial charge on any atom is -0.326 e. The summed E-state index contributed by atoms with van der Waals surface area (Å²) in [5.41, 5.74) is 2.99. The number of hydrogen-bond acceptors (Lipinski definition) is 4. The van der Waals surface area contributed by atoms with Crippen molar-refractivity contribution in [3.63, 3.8) is 0 Å². The summed E-state index contributed by atoms with van der Waals surface area (Å²) < 4.78 is 27.6. The highest BCUT2D eigenvalue weighted by Gasteiger charge is 2.33. The Balaban J connectivity index is 1.43. The number of sulfonamides is 1. The van der Waals surface area contributed by atoms with Crippen molar-refractivity contribution in [3.05, 3.63) is 99.0 Å². The fourth-order valence-corrected chi connectivity index (χ4v) is 6.99. The van der Waals surface area contributed by atoms with E-state index < -0.39 is 15.9 Å². The van der Waals surface area contributed by atoms with E-state index in [-0.39, 0.29) is 39.4 Å². The number of halogens is 2. The molecular formula is C30H32Cl2N2O4S. The average Bonchev–Trinajstić information content (AvgIpc) is 2.90. The van der Waals surface area contributed by atoms with Crippen molar-refractivity contribution in [2.24, 2.45) is 5.92 Å². The van der Waals surface area contributed by atoms with E-state index in [1.54, 1.807) is 42.5 Å². The van der Waals surface area contributed by atoms with Gasteiger partial charge in [-0.15, -0.1) is 0 Å². The molecule has 1 atom stereocenters. The minimum atomic E-state index is -3.74. The zero-order chi connectivity index (χ0) is 28.4. The fraction of sp³-hybridized carbons (Fsp3) is 0.333. The molecule has 3 aromatic rings. The summed E-state index contributed by atoms with van der Waals surface area (Å²) >= 11 is 12.4. The number of benzene rings is 3. The molecule has 0 spiro atoms. The van der Waals surface area contributed by atoms with Crippen LogP contribution in [0.2, 0.25) is 10.0 Å². The molecule has 1 heterocycles. The van der Waals surface area contributed by atoms with Gasteiger partial charge in [0.1, 0.15) is 0 Å². The molecule has 0 saturated carbocycles. The quantitative estimate of drug-likeness (QED) is 0.312. The standard InChI is InChI=1S/C30H32Cl2N2O4S/c1-30(2,3)23-14-12-20(13-15-23)28(35)21-7-4-9-24(17-21)33-29(36)22-8-6-16-34(18-22)39(37,38)19-25-26(31)10-5-11-27(25)32/h4-5,7,9-15,17,22H,6,8,16,18-19H2,1-3H3,(H,33,36). The van der Waals surface area contributed by atoms with Gasteiger partial charge in [-0.25, -0.2) is 12.7 Å². The van der Waals surface area contributed by atoms with Crippen molar-refractivity contribution in [2.75, 3.05) is 18.4 Å². The Morgan fingerprint density at radius 3 is 2.23 bits per heavy atom. The lowest BCUT2D eigenvalue weighted by atomic mass is 9.86. The molecule has 1 amide bonds. The molecule has 0 aliphatic carbocycles. The number of rotatable bonds is 7. The number of anilines is 1.